The van der Waals surface area contributed by atoms with E-state index in [1.807, 2.05) is 0 Å². The van der Waals surface area contributed by atoms with Crippen molar-refractivity contribution in [3.8, 4) is 11.8 Å². The third-order valence-electron chi connectivity index (χ3n) is 3.77. The predicted molar refractivity (Wildman–Crippen MR) is 93.1 cm³/mol. The van der Waals surface area contributed by atoms with Gasteiger partial charge in [0.1, 0.15) is 11.3 Å². The summed E-state index contributed by atoms with van der Waals surface area (Å²) >= 11 is 0. The summed E-state index contributed by atoms with van der Waals surface area (Å²) in [6.45, 7) is 2.67. The first kappa shape index (κ1) is 19.8. The van der Waals surface area contributed by atoms with E-state index in [0.717, 1.165) is 25.5 Å². The van der Waals surface area contributed by atoms with E-state index in [4.69, 9.17) is 9.47 Å². The number of hydrogen-bond acceptors (Lipinski definition) is 5. The molecule has 0 aliphatic rings. The molecule has 1 heterocycles. The second kappa shape index (κ2) is 8.73. The Balaban J connectivity index is 2.29. The number of ether oxygens (including phenoxy) is 2. The summed E-state index contributed by atoms with van der Waals surface area (Å²) < 4.78 is 50.5. The Morgan fingerprint density at radius 1 is 1.19 bits per heavy atom. The molecule has 0 atom stereocenters. The average Bonchev–Trinajstić information content (AvgIpc) is 2.63. The summed E-state index contributed by atoms with van der Waals surface area (Å²) in [6.07, 6.45) is -0.776. The summed E-state index contributed by atoms with van der Waals surface area (Å²) in [5, 5.41) is 0. The van der Waals surface area contributed by atoms with Crippen molar-refractivity contribution in [3.05, 3.63) is 36.0 Å². The van der Waals surface area contributed by atoms with Crippen molar-refractivity contribution in [3.63, 3.8) is 0 Å². The Bertz CT molecular complexity index is 723. The molecule has 0 unspecified atom stereocenters. The molecule has 8 heteroatoms. The molecule has 5 nitrogen and oxygen atoms in total. The lowest BCUT2D eigenvalue weighted by Gasteiger charge is -2.23. The van der Waals surface area contributed by atoms with Crippen molar-refractivity contribution in [2.24, 2.45) is 0 Å². The smallest absolute Gasteiger partial charge is 0.421 e. The first-order valence-corrected chi connectivity index (χ1v) is 8.31. The number of methoxy groups -OCH3 is 1. The Kier molecular flexibility index (Phi) is 6.65. The molecule has 0 radical (unpaired) electrons. The molecule has 0 aliphatic carbocycles. The van der Waals surface area contributed by atoms with Crippen molar-refractivity contribution in [2.75, 3.05) is 25.7 Å². The highest BCUT2D eigenvalue weighted by molar-refractivity contribution is 5.64. The monoisotopic (exact) mass is 369 g/mol. The molecule has 0 bridgehead atoms. The van der Waals surface area contributed by atoms with Crippen LogP contribution in [-0.4, -0.2) is 30.7 Å². The molecule has 1 aromatic carbocycles. The molecule has 0 fully saturated rings. The molecule has 2 rings (SSSR count). The number of hydrogen-bond donors (Lipinski definition) is 0. The molecule has 1 aromatic heterocycles. The van der Waals surface area contributed by atoms with Gasteiger partial charge in [0.25, 0.3) is 0 Å². The maximum absolute atomic E-state index is 13.3. The van der Waals surface area contributed by atoms with Gasteiger partial charge in [-0.3, -0.25) is 0 Å². The molecular formula is C18H22F3N3O2. The molecular weight excluding hydrogens is 347 g/mol. The van der Waals surface area contributed by atoms with Gasteiger partial charge in [0, 0.05) is 25.0 Å². The predicted octanol–water partition coefficient (Wildman–Crippen LogP) is 4.84. The van der Waals surface area contributed by atoms with E-state index in [2.05, 4.69) is 16.9 Å². The minimum Gasteiger partial charge on any atom is -0.494 e. The fourth-order valence-corrected chi connectivity index (χ4v) is 2.36. The van der Waals surface area contributed by atoms with Crippen LogP contribution < -0.4 is 14.4 Å². The zero-order valence-corrected chi connectivity index (χ0v) is 15.0. The highest BCUT2D eigenvalue weighted by atomic mass is 19.4. The lowest BCUT2D eigenvalue weighted by atomic mass is 10.2. The average molecular weight is 369 g/mol. The van der Waals surface area contributed by atoms with Gasteiger partial charge < -0.3 is 14.4 Å². The van der Waals surface area contributed by atoms with Crippen LogP contribution in [0.15, 0.2) is 30.5 Å². The van der Waals surface area contributed by atoms with Gasteiger partial charge >= 0.3 is 12.2 Å². The van der Waals surface area contributed by atoms with E-state index in [1.165, 1.54) is 19.1 Å². The highest BCUT2D eigenvalue weighted by Crippen LogP contribution is 2.38. The summed E-state index contributed by atoms with van der Waals surface area (Å²) in [5.41, 5.74) is -0.417. The first-order valence-electron chi connectivity index (χ1n) is 8.31. The fraction of sp³-hybridized carbons (Fsp3) is 0.444. The summed E-state index contributed by atoms with van der Waals surface area (Å²) in [4.78, 5) is 8.79. The minimum absolute atomic E-state index is 0.133. The van der Waals surface area contributed by atoms with Gasteiger partial charge in [0.15, 0.2) is 5.82 Å². The van der Waals surface area contributed by atoms with E-state index in [-0.39, 0.29) is 11.8 Å². The Hall–Kier alpha value is -2.51. The molecule has 0 aliphatic heterocycles. The van der Waals surface area contributed by atoms with E-state index >= 15 is 0 Å². The molecule has 0 saturated heterocycles. The lowest BCUT2D eigenvalue weighted by molar-refractivity contribution is -0.137. The van der Waals surface area contributed by atoms with Crippen LogP contribution in [-0.2, 0) is 6.18 Å². The van der Waals surface area contributed by atoms with Gasteiger partial charge in [-0.15, -0.1) is 0 Å². The van der Waals surface area contributed by atoms with Crippen LogP contribution >= 0.6 is 0 Å². The molecule has 26 heavy (non-hydrogen) atoms. The Morgan fingerprint density at radius 3 is 2.62 bits per heavy atom. The number of rotatable bonds is 8. The van der Waals surface area contributed by atoms with Crippen LogP contribution in [0.2, 0.25) is 0 Å². The van der Waals surface area contributed by atoms with Crippen LogP contribution in [0.4, 0.5) is 24.7 Å². The second-order valence-electron chi connectivity index (χ2n) is 5.70. The van der Waals surface area contributed by atoms with Crippen molar-refractivity contribution in [1.29, 1.82) is 0 Å². The van der Waals surface area contributed by atoms with Crippen LogP contribution in [0.25, 0.3) is 0 Å². The standard InChI is InChI=1S/C18H22F3N3O2/c1-4-5-6-10-26-14-9-7-8-13(11-14)24(2)16-15(18(19,20)21)12-22-17(23-16)25-3/h7-9,11-12H,4-6,10H2,1-3H3. The number of alkyl halides is 3. The van der Waals surface area contributed by atoms with E-state index in [9.17, 15) is 13.2 Å². The van der Waals surface area contributed by atoms with E-state index in [0.29, 0.717) is 18.0 Å². The largest absolute Gasteiger partial charge is 0.494 e. The number of benzene rings is 1. The quantitative estimate of drug-likeness (QED) is 0.623. The molecule has 142 valence electrons. The zero-order chi connectivity index (χ0) is 19.2. The van der Waals surface area contributed by atoms with Crippen molar-refractivity contribution >= 4 is 11.5 Å². The van der Waals surface area contributed by atoms with Gasteiger partial charge in [0.05, 0.1) is 13.7 Å². The number of halogens is 3. The minimum atomic E-state index is -4.58. The molecule has 0 amide bonds. The highest BCUT2D eigenvalue weighted by Gasteiger charge is 2.36. The van der Waals surface area contributed by atoms with E-state index in [1.54, 1.807) is 24.3 Å². The SMILES string of the molecule is CCCCCOc1cccc(N(C)c2nc(OC)ncc2C(F)(F)F)c1. The third-order valence-corrected chi connectivity index (χ3v) is 3.77. The van der Waals surface area contributed by atoms with Crippen molar-refractivity contribution in [2.45, 2.75) is 32.4 Å². The molecule has 0 saturated carbocycles. The second-order valence-corrected chi connectivity index (χ2v) is 5.70. The van der Waals surface area contributed by atoms with Gasteiger partial charge in [-0.25, -0.2) is 4.98 Å². The van der Waals surface area contributed by atoms with Gasteiger partial charge in [0.2, 0.25) is 0 Å². The summed E-state index contributed by atoms with van der Waals surface area (Å²) in [7, 11) is 2.81. The summed E-state index contributed by atoms with van der Waals surface area (Å²) in [5.74, 6) is 0.313. The third kappa shape index (κ3) is 5.00. The Morgan fingerprint density at radius 2 is 1.96 bits per heavy atom. The zero-order valence-electron chi connectivity index (χ0n) is 15.0. The normalized spacial score (nSPS) is 11.3. The van der Waals surface area contributed by atoms with Crippen LogP contribution in [0, 0.1) is 0 Å². The van der Waals surface area contributed by atoms with Crippen LogP contribution in [0.5, 0.6) is 11.8 Å². The van der Waals surface area contributed by atoms with Gasteiger partial charge in [-0.1, -0.05) is 25.8 Å². The maximum Gasteiger partial charge on any atom is 0.421 e. The molecule has 2 aromatic rings. The number of unbranched alkanes of at least 4 members (excludes halogenated alkanes) is 2. The van der Waals surface area contributed by atoms with Gasteiger partial charge in [-0.05, 0) is 18.6 Å². The van der Waals surface area contributed by atoms with Crippen LogP contribution in [0.1, 0.15) is 31.7 Å². The molecule has 0 spiro atoms. The Labute approximate surface area is 150 Å². The topological polar surface area (TPSA) is 47.5 Å². The number of aromatic nitrogens is 2. The lowest BCUT2D eigenvalue weighted by Crippen LogP contribution is -2.19. The maximum atomic E-state index is 13.3. The first-order chi connectivity index (χ1) is 12.4. The van der Waals surface area contributed by atoms with Crippen molar-refractivity contribution < 1.29 is 22.6 Å². The van der Waals surface area contributed by atoms with Crippen LogP contribution in [0.3, 0.4) is 0 Å². The van der Waals surface area contributed by atoms with E-state index < -0.39 is 11.7 Å². The van der Waals surface area contributed by atoms with Crippen molar-refractivity contribution in [1.82, 2.24) is 9.97 Å². The molecule has 0 N–H and O–H groups in total. The fourth-order valence-electron chi connectivity index (χ4n) is 2.36. The number of anilines is 2. The summed E-state index contributed by atoms with van der Waals surface area (Å²) in [6, 6.07) is 6.74. The van der Waals surface area contributed by atoms with Gasteiger partial charge in [-0.2, -0.15) is 18.2 Å². The number of nitrogens with zero attached hydrogens (tertiary/aromatic N) is 3.